The number of imidazole rings is 1. The van der Waals surface area contributed by atoms with Gasteiger partial charge < -0.3 is 18.6 Å². The molecular weight excluding hydrogens is 378 g/mol. The van der Waals surface area contributed by atoms with Crippen LogP contribution in [0.2, 0.25) is 0 Å². The predicted molar refractivity (Wildman–Crippen MR) is 116 cm³/mol. The van der Waals surface area contributed by atoms with Gasteiger partial charge in [0.05, 0.1) is 29.3 Å². The smallest absolute Gasteiger partial charge is 0.254 e. The molecule has 2 aromatic heterocycles. The summed E-state index contributed by atoms with van der Waals surface area (Å²) in [5, 5.41) is 0.893. The number of benzene rings is 2. The summed E-state index contributed by atoms with van der Waals surface area (Å²) in [6.45, 7) is 3.89. The zero-order valence-corrected chi connectivity index (χ0v) is 17.3. The van der Waals surface area contributed by atoms with E-state index in [9.17, 15) is 4.79 Å². The van der Waals surface area contributed by atoms with Crippen LogP contribution in [0.1, 0.15) is 41.9 Å². The minimum absolute atomic E-state index is 0.0118. The fourth-order valence-electron chi connectivity index (χ4n) is 4.52. The number of hydrogen-bond acceptors (Lipinski definition) is 4. The molecule has 3 heterocycles. The van der Waals surface area contributed by atoms with Crippen molar-refractivity contribution in [3.8, 4) is 5.75 Å². The van der Waals surface area contributed by atoms with Crippen molar-refractivity contribution in [1.29, 1.82) is 0 Å². The molecule has 0 spiro atoms. The second kappa shape index (κ2) is 7.52. The van der Waals surface area contributed by atoms with Crippen LogP contribution < -0.4 is 4.74 Å². The fraction of sp³-hybridized carbons (Fsp3) is 0.333. The average Bonchev–Trinajstić information content (AvgIpc) is 3.38. The van der Waals surface area contributed by atoms with Crippen molar-refractivity contribution < 1.29 is 13.9 Å². The number of aryl methyl sites for hydroxylation is 1. The van der Waals surface area contributed by atoms with Gasteiger partial charge in [0.25, 0.3) is 5.91 Å². The molecule has 0 N–H and O–H groups in total. The van der Waals surface area contributed by atoms with Crippen molar-refractivity contribution >= 4 is 27.9 Å². The third kappa shape index (κ3) is 3.12. The monoisotopic (exact) mass is 403 g/mol. The first kappa shape index (κ1) is 18.7. The van der Waals surface area contributed by atoms with Crippen LogP contribution in [0.4, 0.5) is 0 Å². The Morgan fingerprint density at radius 2 is 2.13 bits per heavy atom. The second-order valence-corrected chi connectivity index (χ2v) is 7.85. The minimum Gasteiger partial charge on any atom is -0.493 e. The maximum atomic E-state index is 13.4. The van der Waals surface area contributed by atoms with Crippen LogP contribution in [0.15, 0.2) is 53.1 Å². The summed E-state index contributed by atoms with van der Waals surface area (Å²) in [7, 11) is 2.06. The highest BCUT2D eigenvalue weighted by Gasteiger charge is 2.29. The predicted octanol–water partition coefficient (Wildman–Crippen LogP) is 4.74. The summed E-state index contributed by atoms with van der Waals surface area (Å²) in [5.41, 5.74) is 3.41. The first-order chi connectivity index (χ1) is 14.7. The molecule has 1 atom stereocenters. The van der Waals surface area contributed by atoms with Gasteiger partial charge >= 0.3 is 0 Å². The number of aromatic nitrogens is 2. The van der Waals surface area contributed by atoms with Crippen LogP contribution in [-0.4, -0.2) is 40.1 Å². The zero-order valence-electron chi connectivity index (χ0n) is 17.3. The first-order valence-electron chi connectivity index (χ1n) is 10.5. The van der Waals surface area contributed by atoms with E-state index >= 15 is 0 Å². The second-order valence-electron chi connectivity index (χ2n) is 7.85. The molecule has 1 aliphatic rings. The number of furan rings is 1. The molecule has 6 heteroatoms. The van der Waals surface area contributed by atoms with Gasteiger partial charge in [-0.2, -0.15) is 0 Å². The van der Waals surface area contributed by atoms with Gasteiger partial charge in [-0.25, -0.2) is 4.98 Å². The number of amides is 1. The molecule has 30 heavy (non-hydrogen) atoms. The molecule has 4 aromatic rings. The molecule has 0 saturated carbocycles. The van der Waals surface area contributed by atoms with Crippen molar-refractivity contribution in [1.82, 2.24) is 14.5 Å². The summed E-state index contributed by atoms with van der Waals surface area (Å²) < 4.78 is 13.5. The fourth-order valence-corrected chi connectivity index (χ4v) is 4.52. The van der Waals surface area contributed by atoms with E-state index in [2.05, 4.69) is 17.7 Å². The van der Waals surface area contributed by atoms with Crippen LogP contribution in [0.3, 0.4) is 0 Å². The van der Waals surface area contributed by atoms with Crippen molar-refractivity contribution in [2.75, 3.05) is 19.7 Å². The number of carbonyl (C=O) groups is 1. The molecule has 0 aliphatic carbocycles. The summed E-state index contributed by atoms with van der Waals surface area (Å²) in [6, 6.07) is 13.7. The highest BCUT2D eigenvalue weighted by Crippen LogP contribution is 2.32. The standard InChI is InChI=1S/C24H25N3O3/c1-3-29-21-13-17(14-22-18(21)10-12-30-22)24(28)27-11-6-7-16(15-27)23-25-19-8-4-5-9-20(19)26(23)2/h4-5,8-10,12-14,16H,3,6-7,11,15H2,1-2H3. The normalized spacial score (nSPS) is 17.0. The van der Waals surface area contributed by atoms with Gasteiger partial charge in [-0.05, 0) is 50.1 Å². The number of ether oxygens (including phenoxy) is 1. The molecule has 5 rings (SSSR count). The average molecular weight is 403 g/mol. The van der Waals surface area contributed by atoms with Gasteiger partial charge in [-0.1, -0.05) is 12.1 Å². The lowest BCUT2D eigenvalue weighted by atomic mass is 9.96. The molecule has 2 aromatic carbocycles. The molecule has 154 valence electrons. The molecule has 1 unspecified atom stereocenters. The SMILES string of the molecule is CCOc1cc(C(=O)N2CCCC(c3nc4ccccc4n3C)C2)cc2occc12. The number of rotatable bonds is 4. The van der Waals surface area contributed by atoms with Crippen LogP contribution in [0, 0.1) is 0 Å². The van der Waals surface area contributed by atoms with Crippen molar-refractivity contribution in [2.45, 2.75) is 25.7 Å². The molecule has 1 amide bonds. The summed E-state index contributed by atoms with van der Waals surface area (Å²) >= 11 is 0. The molecule has 1 saturated heterocycles. The Hall–Kier alpha value is -3.28. The van der Waals surface area contributed by atoms with E-state index in [4.69, 9.17) is 14.1 Å². The zero-order chi connectivity index (χ0) is 20.7. The highest BCUT2D eigenvalue weighted by atomic mass is 16.5. The maximum absolute atomic E-state index is 13.4. The Bertz CT molecular complexity index is 1220. The number of para-hydroxylation sites is 2. The van der Waals surface area contributed by atoms with Crippen LogP contribution in [0.25, 0.3) is 22.0 Å². The number of hydrogen-bond donors (Lipinski definition) is 0. The van der Waals surface area contributed by atoms with E-state index in [1.807, 2.05) is 48.2 Å². The van der Waals surface area contributed by atoms with E-state index in [0.717, 1.165) is 41.6 Å². The van der Waals surface area contributed by atoms with E-state index in [-0.39, 0.29) is 11.8 Å². The van der Waals surface area contributed by atoms with Gasteiger partial charge in [0.15, 0.2) is 0 Å². The molecule has 0 bridgehead atoms. The number of nitrogens with zero attached hydrogens (tertiary/aromatic N) is 3. The number of fused-ring (bicyclic) bond motifs is 2. The van der Waals surface area contributed by atoms with Crippen molar-refractivity contribution in [3.63, 3.8) is 0 Å². The first-order valence-corrected chi connectivity index (χ1v) is 10.5. The van der Waals surface area contributed by atoms with Crippen LogP contribution in [-0.2, 0) is 7.05 Å². The lowest BCUT2D eigenvalue weighted by molar-refractivity contribution is 0.0703. The van der Waals surface area contributed by atoms with Crippen molar-refractivity contribution in [2.24, 2.45) is 7.05 Å². The lowest BCUT2D eigenvalue weighted by Gasteiger charge is -2.32. The Kier molecular flexibility index (Phi) is 4.69. The van der Waals surface area contributed by atoms with Crippen molar-refractivity contribution in [3.05, 3.63) is 60.1 Å². The highest BCUT2D eigenvalue weighted by molar-refractivity contribution is 5.99. The third-order valence-electron chi connectivity index (χ3n) is 5.98. The number of likely N-dealkylation sites (tertiary alicyclic amines) is 1. The van der Waals surface area contributed by atoms with E-state index in [0.29, 0.717) is 30.0 Å². The molecule has 1 fully saturated rings. The molecule has 0 radical (unpaired) electrons. The van der Waals surface area contributed by atoms with Gasteiger partial charge in [0.1, 0.15) is 17.2 Å². The van der Waals surface area contributed by atoms with Gasteiger partial charge in [0.2, 0.25) is 0 Å². The third-order valence-corrected chi connectivity index (χ3v) is 5.98. The van der Waals surface area contributed by atoms with E-state index in [1.165, 1.54) is 0 Å². The molecular formula is C24H25N3O3. The van der Waals surface area contributed by atoms with E-state index < -0.39 is 0 Å². The largest absolute Gasteiger partial charge is 0.493 e. The van der Waals surface area contributed by atoms with Gasteiger partial charge in [0, 0.05) is 31.6 Å². The molecule has 6 nitrogen and oxygen atoms in total. The quantitative estimate of drug-likeness (QED) is 0.494. The summed E-state index contributed by atoms with van der Waals surface area (Å²) in [6.07, 6.45) is 3.62. The Morgan fingerprint density at radius 1 is 1.27 bits per heavy atom. The summed E-state index contributed by atoms with van der Waals surface area (Å²) in [4.78, 5) is 20.2. The lowest BCUT2D eigenvalue weighted by Crippen LogP contribution is -2.39. The Labute approximate surface area is 175 Å². The van der Waals surface area contributed by atoms with Crippen LogP contribution >= 0.6 is 0 Å². The maximum Gasteiger partial charge on any atom is 0.254 e. The van der Waals surface area contributed by atoms with E-state index in [1.54, 1.807) is 6.26 Å². The molecule has 1 aliphatic heterocycles. The van der Waals surface area contributed by atoms with Gasteiger partial charge in [-0.3, -0.25) is 4.79 Å². The summed E-state index contributed by atoms with van der Waals surface area (Å²) in [5.74, 6) is 1.97. The number of carbonyl (C=O) groups excluding carboxylic acids is 1. The number of piperidine rings is 1. The van der Waals surface area contributed by atoms with Gasteiger partial charge in [-0.15, -0.1) is 0 Å². The Balaban J connectivity index is 1.44. The Morgan fingerprint density at radius 3 is 2.97 bits per heavy atom. The van der Waals surface area contributed by atoms with Crippen LogP contribution in [0.5, 0.6) is 5.75 Å². The topological polar surface area (TPSA) is 60.5 Å². The minimum atomic E-state index is 0.0118.